The van der Waals surface area contributed by atoms with E-state index in [4.69, 9.17) is 15.3 Å². The molecule has 0 amide bonds. The minimum absolute atomic E-state index is 0.0787. The molecule has 12 heavy (non-hydrogen) atoms. The smallest absolute Gasteiger partial charge is 0.152 e. The van der Waals surface area contributed by atoms with Gasteiger partial charge in [0.05, 0.1) is 6.61 Å². The second kappa shape index (κ2) is 7.24. The molecule has 0 radical (unpaired) electrons. The van der Waals surface area contributed by atoms with Crippen molar-refractivity contribution in [2.75, 3.05) is 26.2 Å². The number of hydrogen-bond donors (Lipinski definition) is 3. The van der Waals surface area contributed by atoms with Crippen molar-refractivity contribution in [1.82, 2.24) is 4.90 Å². The van der Waals surface area contributed by atoms with Gasteiger partial charge in [-0.25, -0.2) is 0 Å². The summed E-state index contributed by atoms with van der Waals surface area (Å²) in [5, 5.41) is 25.8. The van der Waals surface area contributed by atoms with E-state index in [9.17, 15) is 0 Å². The van der Waals surface area contributed by atoms with Gasteiger partial charge in [-0.2, -0.15) is 0 Å². The highest BCUT2D eigenvalue weighted by atomic mass is 16.5. The first-order valence-electron chi connectivity index (χ1n) is 4.01. The molecule has 0 saturated heterocycles. The Hall–Kier alpha value is -0.420. The molecule has 0 atom stereocenters. The zero-order valence-electron chi connectivity index (χ0n) is 7.19. The quantitative estimate of drug-likeness (QED) is 0.349. The van der Waals surface area contributed by atoms with Crippen LogP contribution in [0.1, 0.15) is 6.42 Å². The Kier molecular flexibility index (Phi) is 6.99. The fourth-order valence-corrected chi connectivity index (χ4v) is 0.916. The molecular weight excluding hydrogens is 158 g/mol. The van der Waals surface area contributed by atoms with Crippen LogP contribution < -0.4 is 0 Å². The van der Waals surface area contributed by atoms with Gasteiger partial charge in [-0.05, 0) is 0 Å². The Morgan fingerprint density at radius 3 is 2.42 bits per heavy atom. The summed E-state index contributed by atoms with van der Waals surface area (Å²) < 4.78 is 0. The van der Waals surface area contributed by atoms with E-state index in [0.29, 0.717) is 26.1 Å². The van der Waals surface area contributed by atoms with Crippen molar-refractivity contribution < 1.29 is 15.3 Å². The largest absolute Gasteiger partial charge is 0.395 e. The highest BCUT2D eigenvalue weighted by Gasteiger charge is 2.04. The summed E-state index contributed by atoms with van der Waals surface area (Å²) >= 11 is 0. The van der Waals surface area contributed by atoms with Crippen molar-refractivity contribution in [3.8, 4) is 0 Å². The summed E-state index contributed by atoms with van der Waals surface area (Å²) in [6, 6.07) is 0. The molecule has 0 saturated carbocycles. The van der Waals surface area contributed by atoms with Crippen molar-refractivity contribution in [2.24, 2.45) is 0 Å². The van der Waals surface area contributed by atoms with Crippen LogP contribution >= 0.6 is 0 Å². The average molecular weight is 175 g/mol. The van der Waals surface area contributed by atoms with Gasteiger partial charge in [-0.15, -0.1) is 6.58 Å². The summed E-state index contributed by atoms with van der Waals surface area (Å²) in [4.78, 5) is 1.90. The molecule has 3 N–H and O–H groups in total. The van der Waals surface area contributed by atoms with Crippen LogP contribution in [0.4, 0.5) is 0 Å². The van der Waals surface area contributed by atoms with E-state index in [0.717, 1.165) is 0 Å². The van der Waals surface area contributed by atoms with Crippen LogP contribution in [0.25, 0.3) is 0 Å². The second-order valence-electron chi connectivity index (χ2n) is 2.58. The van der Waals surface area contributed by atoms with Crippen LogP contribution in [0.15, 0.2) is 12.7 Å². The minimum Gasteiger partial charge on any atom is -0.395 e. The SMILES string of the molecule is C=CCN(CCO)CCC(O)O. The predicted octanol–water partition coefficient (Wildman–Crippen LogP) is -0.833. The summed E-state index contributed by atoms with van der Waals surface area (Å²) in [6.07, 6.45) is 0.754. The number of hydrogen-bond acceptors (Lipinski definition) is 4. The first kappa shape index (κ1) is 11.6. The monoisotopic (exact) mass is 175 g/mol. The number of rotatable bonds is 7. The summed E-state index contributed by atoms with van der Waals surface area (Å²) in [6.45, 7) is 5.40. The lowest BCUT2D eigenvalue weighted by atomic mass is 10.3. The van der Waals surface area contributed by atoms with E-state index in [-0.39, 0.29) is 6.61 Å². The Morgan fingerprint density at radius 1 is 1.33 bits per heavy atom. The molecule has 4 heteroatoms. The van der Waals surface area contributed by atoms with E-state index in [1.54, 1.807) is 6.08 Å². The van der Waals surface area contributed by atoms with Crippen molar-refractivity contribution >= 4 is 0 Å². The van der Waals surface area contributed by atoms with Crippen LogP contribution in [0.5, 0.6) is 0 Å². The molecule has 0 unspecified atom stereocenters. The van der Waals surface area contributed by atoms with Gasteiger partial charge >= 0.3 is 0 Å². The molecular formula is C8H17NO3. The highest BCUT2D eigenvalue weighted by Crippen LogP contribution is 1.93. The molecule has 4 nitrogen and oxygen atoms in total. The zero-order valence-corrected chi connectivity index (χ0v) is 7.19. The molecule has 0 bridgehead atoms. The maximum atomic E-state index is 8.63. The third-order valence-corrected chi connectivity index (χ3v) is 1.51. The van der Waals surface area contributed by atoms with Crippen LogP contribution in [0, 0.1) is 0 Å². The average Bonchev–Trinajstić information content (AvgIpc) is 2.01. The van der Waals surface area contributed by atoms with Gasteiger partial charge in [-0.3, -0.25) is 4.90 Å². The van der Waals surface area contributed by atoms with Crippen molar-refractivity contribution in [2.45, 2.75) is 12.7 Å². The van der Waals surface area contributed by atoms with Crippen LogP contribution in [0.2, 0.25) is 0 Å². The first-order valence-corrected chi connectivity index (χ1v) is 4.01. The third-order valence-electron chi connectivity index (χ3n) is 1.51. The molecule has 0 aliphatic carbocycles. The maximum absolute atomic E-state index is 8.63. The van der Waals surface area contributed by atoms with Crippen LogP contribution in [0.3, 0.4) is 0 Å². The first-order chi connectivity index (χ1) is 5.70. The molecule has 0 heterocycles. The minimum atomic E-state index is -1.27. The Labute approximate surface area is 72.7 Å². The van der Waals surface area contributed by atoms with E-state index in [1.165, 1.54) is 0 Å². The fourth-order valence-electron chi connectivity index (χ4n) is 0.916. The lowest BCUT2D eigenvalue weighted by Crippen LogP contribution is -2.30. The van der Waals surface area contributed by atoms with E-state index < -0.39 is 6.29 Å². The highest BCUT2D eigenvalue weighted by molar-refractivity contribution is 4.73. The van der Waals surface area contributed by atoms with E-state index >= 15 is 0 Å². The molecule has 0 aromatic heterocycles. The van der Waals surface area contributed by atoms with Gasteiger partial charge < -0.3 is 15.3 Å². The maximum Gasteiger partial charge on any atom is 0.152 e. The second-order valence-corrected chi connectivity index (χ2v) is 2.58. The molecule has 0 spiro atoms. The predicted molar refractivity (Wildman–Crippen MR) is 46.6 cm³/mol. The Morgan fingerprint density at radius 2 is 2.00 bits per heavy atom. The molecule has 0 fully saturated rings. The molecule has 0 aliphatic heterocycles. The molecule has 0 aromatic carbocycles. The van der Waals surface area contributed by atoms with Crippen molar-refractivity contribution in [3.05, 3.63) is 12.7 Å². The third kappa shape index (κ3) is 6.30. The molecule has 72 valence electrons. The topological polar surface area (TPSA) is 63.9 Å². The molecule has 0 aliphatic rings. The fraction of sp³-hybridized carbons (Fsp3) is 0.750. The van der Waals surface area contributed by atoms with Crippen molar-refractivity contribution in [3.63, 3.8) is 0 Å². The lowest BCUT2D eigenvalue weighted by Gasteiger charge is -2.19. The Bertz CT molecular complexity index is 117. The van der Waals surface area contributed by atoms with Gasteiger partial charge in [0.2, 0.25) is 0 Å². The van der Waals surface area contributed by atoms with Gasteiger partial charge in [0.15, 0.2) is 6.29 Å². The lowest BCUT2D eigenvalue weighted by molar-refractivity contribution is -0.0503. The standard InChI is InChI=1S/C8H17NO3/c1-2-4-9(6-7-10)5-3-8(11)12/h2,8,10-12H,1,3-7H2. The number of aliphatic hydroxyl groups is 3. The number of aliphatic hydroxyl groups excluding tert-OH is 2. The van der Waals surface area contributed by atoms with Crippen molar-refractivity contribution in [1.29, 1.82) is 0 Å². The van der Waals surface area contributed by atoms with Gasteiger partial charge in [0, 0.05) is 26.1 Å². The molecule has 0 aromatic rings. The van der Waals surface area contributed by atoms with Crippen LogP contribution in [-0.2, 0) is 0 Å². The summed E-state index contributed by atoms with van der Waals surface area (Å²) in [7, 11) is 0. The molecule has 0 rings (SSSR count). The zero-order chi connectivity index (χ0) is 9.40. The normalized spacial score (nSPS) is 11.1. The van der Waals surface area contributed by atoms with Gasteiger partial charge in [0.1, 0.15) is 0 Å². The number of nitrogens with zero attached hydrogens (tertiary/aromatic N) is 1. The van der Waals surface area contributed by atoms with Gasteiger partial charge in [-0.1, -0.05) is 6.08 Å². The van der Waals surface area contributed by atoms with E-state index in [2.05, 4.69) is 6.58 Å². The van der Waals surface area contributed by atoms with Crippen LogP contribution in [-0.4, -0.2) is 52.8 Å². The summed E-state index contributed by atoms with van der Waals surface area (Å²) in [5.74, 6) is 0. The summed E-state index contributed by atoms with van der Waals surface area (Å²) in [5.41, 5.74) is 0. The van der Waals surface area contributed by atoms with E-state index in [1.807, 2.05) is 4.90 Å². The van der Waals surface area contributed by atoms with Gasteiger partial charge in [0.25, 0.3) is 0 Å². The Balaban J connectivity index is 3.54.